The molecule has 0 bridgehead atoms. The molecule has 0 unspecified atom stereocenters. The number of benzene rings is 1. The average molecular weight is 419 g/mol. The van der Waals surface area contributed by atoms with Gasteiger partial charge < -0.3 is 34.8 Å². The number of nitrogens with one attached hydrogen (secondary N) is 1. The molecule has 8 nitrogen and oxygen atoms in total. The summed E-state index contributed by atoms with van der Waals surface area (Å²) in [5.41, 5.74) is 3.07. The number of carbonyl (C=O) groups is 1. The number of carbonyl (C=O) groups excluding carboxylic acids is 1. The topological polar surface area (TPSA) is 117 Å². The van der Waals surface area contributed by atoms with Gasteiger partial charge in [-0.25, -0.2) is 0 Å². The van der Waals surface area contributed by atoms with E-state index in [9.17, 15) is 20.1 Å². The minimum absolute atomic E-state index is 0.0824. The molecule has 1 aromatic carbocycles. The summed E-state index contributed by atoms with van der Waals surface area (Å²) in [4.78, 5) is 12.7. The minimum atomic E-state index is -1.38. The Kier molecular flexibility index (Phi) is 6.95. The summed E-state index contributed by atoms with van der Waals surface area (Å²) in [7, 11) is 0. The lowest BCUT2D eigenvalue weighted by Gasteiger charge is -2.41. The Labute approximate surface area is 175 Å². The zero-order valence-electron chi connectivity index (χ0n) is 17.4. The Balaban J connectivity index is 1.74. The number of hydrogen-bond donors (Lipinski definition) is 4. The lowest BCUT2D eigenvalue weighted by atomic mass is 9.83. The summed E-state index contributed by atoms with van der Waals surface area (Å²) in [6.45, 7) is 9.46. The van der Waals surface area contributed by atoms with Gasteiger partial charge in [-0.1, -0.05) is 12.7 Å². The van der Waals surface area contributed by atoms with Gasteiger partial charge in [0.1, 0.15) is 49.7 Å². The van der Waals surface area contributed by atoms with Gasteiger partial charge in [0.2, 0.25) is 5.91 Å². The maximum atomic E-state index is 12.7. The molecule has 30 heavy (non-hydrogen) atoms. The zero-order chi connectivity index (χ0) is 22.0. The molecule has 0 aromatic heterocycles. The van der Waals surface area contributed by atoms with Crippen LogP contribution in [0, 0.1) is 13.8 Å². The third-order valence-electron chi connectivity index (χ3n) is 5.47. The van der Waals surface area contributed by atoms with E-state index in [1.807, 2.05) is 26.0 Å². The van der Waals surface area contributed by atoms with Crippen molar-refractivity contribution in [2.45, 2.75) is 57.3 Å². The van der Waals surface area contributed by atoms with E-state index in [4.69, 9.17) is 14.2 Å². The van der Waals surface area contributed by atoms with Crippen molar-refractivity contribution in [3.05, 3.63) is 47.1 Å². The third kappa shape index (κ3) is 4.43. The van der Waals surface area contributed by atoms with Crippen LogP contribution in [0.25, 0.3) is 6.08 Å². The number of aliphatic hydroxyl groups is 3. The fraction of sp³-hybridized carbons (Fsp3) is 0.500. The number of hydrogen-bond acceptors (Lipinski definition) is 7. The fourth-order valence-corrected chi connectivity index (χ4v) is 3.97. The highest BCUT2D eigenvalue weighted by Crippen LogP contribution is 2.30. The maximum absolute atomic E-state index is 12.7. The first-order valence-corrected chi connectivity index (χ1v) is 9.86. The smallest absolute Gasteiger partial charge is 0.247 e. The largest absolute Gasteiger partial charge is 0.489 e. The van der Waals surface area contributed by atoms with Crippen LogP contribution in [0.15, 0.2) is 30.4 Å². The Bertz CT molecular complexity index is 814. The van der Waals surface area contributed by atoms with Gasteiger partial charge in [-0.15, -0.1) is 0 Å². The number of fused-ring (bicyclic) bond motifs is 1. The van der Waals surface area contributed by atoms with E-state index in [-0.39, 0.29) is 6.79 Å². The summed E-state index contributed by atoms with van der Waals surface area (Å²) >= 11 is 0. The Hall–Kier alpha value is -2.23. The van der Waals surface area contributed by atoms with Crippen molar-refractivity contribution in [2.75, 3.05) is 13.4 Å². The Morgan fingerprint density at radius 3 is 2.37 bits per heavy atom. The van der Waals surface area contributed by atoms with Gasteiger partial charge >= 0.3 is 0 Å². The molecular weight excluding hydrogens is 390 g/mol. The first-order chi connectivity index (χ1) is 14.2. The molecule has 0 radical (unpaired) electrons. The Morgan fingerprint density at radius 1 is 1.17 bits per heavy atom. The van der Waals surface area contributed by atoms with Crippen molar-refractivity contribution >= 4 is 12.0 Å². The van der Waals surface area contributed by atoms with Crippen LogP contribution in [-0.2, 0) is 14.3 Å². The molecular formula is C22H29NO7. The molecule has 6 atom stereocenters. The highest BCUT2D eigenvalue weighted by atomic mass is 16.7. The highest BCUT2D eigenvalue weighted by molar-refractivity contribution is 5.97. The first-order valence-electron chi connectivity index (χ1n) is 9.86. The average Bonchev–Trinajstić information content (AvgIpc) is 3.19. The maximum Gasteiger partial charge on any atom is 0.247 e. The van der Waals surface area contributed by atoms with Gasteiger partial charge in [0.25, 0.3) is 0 Å². The van der Waals surface area contributed by atoms with E-state index < -0.39 is 42.5 Å². The van der Waals surface area contributed by atoms with Crippen LogP contribution in [0.4, 0.5) is 0 Å². The molecule has 1 saturated heterocycles. The van der Waals surface area contributed by atoms with Crippen molar-refractivity contribution < 1.29 is 34.3 Å². The van der Waals surface area contributed by atoms with Crippen molar-refractivity contribution in [1.82, 2.24) is 5.32 Å². The van der Waals surface area contributed by atoms with Gasteiger partial charge in [-0.2, -0.15) is 0 Å². The lowest BCUT2D eigenvalue weighted by Crippen LogP contribution is -2.67. The highest BCUT2D eigenvalue weighted by Gasteiger charge is 2.53. The molecule has 8 heteroatoms. The third-order valence-corrected chi connectivity index (χ3v) is 5.47. The molecule has 1 saturated carbocycles. The molecule has 2 fully saturated rings. The van der Waals surface area contributed by atoms with Gasteiger partial charge in [0, 0.05) is 5.57 Å². The number of ether oxygens (including phenoxy) is 3. The molecule has 1 amide bonds. The van der Waals surface area contributed by atoms with Crippen LogP contribution >= 0.6 is 0 Å². The second-order valence-corrected chi connectivity index (χ2v) is 7.76. The first kappa shape index (κ1) is 22.5. The van der Waals surface area contributed by atoms with Crippen LogP contribution in [-0.4, -0.2) is 71.2 Å². The standard InChI is InChI=1S/C22H29NO7/c1-5-6-28-19-11(2)7-14(8-12(19)3)9-13(4)22(27)23-15-16(24)18(26)21-20(17(15)25)29-10-30-21/h5,7-9,15-18,20-21,24-26H,1,6,10H2,2-4H3,(H,23,27)/b13-9-/t15-,16+,17-,18-,20+,21-/m1/s1. The van der Waals surface area contributed by atoms with Gasteiger partial charge in [-0.05, 0) is 55.7 Å². The zero-order valence-corrected chi connectivity index (χ0v) is 17.4. The van der Waals surface area contributed by atoms with Crippen molar-refractivity contribution in [1.29, 1.82) is 0 Å². The van der Waals surface area contributed by atoms with Gasteiger partial charge in [0.05, 0.1) is 6.04 Å². The summed E-state index contributed by atoms with van der Waals surface area (Å²) in [5.74, 6) is 0.315. The van der Waals surface area contributed by atoms with Crippen LogP contribution in [0.3, 0.4) is 0 Å². The summed E-state index contributed by atoms with van der Waals surface area (Å²) in [6.07, 6.45) is -2.12. The Morgan fingerprint density at radius 2 is 1.77 bits per heavy atom. The predicted molar refractivity (Wildman–Crippen MR) is 110 cm³/mol. The molecule has 1 aliphatic carbocycles. The normalized spacial score (nSPS) is 31.2. The van der Waals surface area contributed by atoms with E-state index in [1.54, 1.807) is 19.1 Å². The second-order valence-electron chi connectivity index (χ2n) is 7.76. The predicted octanol–water partition coefficient (Wildman–Crippen LogP) is 0.594. The van der Waals surface area contributed by atoms with Gasteiger partial charge in [-0.3, -0.25) is 4.79 Å². The molecule has 3 rings (SSSR count). The molecule has 0 spiro atoms. The molecule has 1 heterocycles. The number of aryl methyl sites for hydroxylation is 2. The molecule has 164 valence electrons. The van der Waals surface area contributed by atoms with Crippen molar-refractivity contribution in [3.63, 3.8) is 0 Å². The van der Waals surface area contributed by atoms with Gasteiger partial charge in [0.15, 0.2) is 0 Å². The summed E-state index contributed by atoms with van der Waals surface area (Å²) in [6, 6.07) is 2.73. The van der Waals surface area contributed by atoms with E-state index >= 15 is 0 Å². The summed E-state index contributed by atoms with van der Waals surface area (Å²) in [5, 5.41) is 33.7. The molecule has 4 N–H and O–H groups in total. The number of aliphatic hydroxyl groups excluding tert-OH is 3. The van der Waals surface area contributed by atoms with Crippen LogP contribution < -0.4 is 10.1 Å². The van der Waals surface area contributed by atoms with E-state index in [1.165, 1.54) is 0 Å². The van der Waals surface area contributed by atoms with E-state index in [0.29, 0.717) is 12.2 Å². The van der Waals surface area contributed by atoms with E-state index in [0.717, 1.165) is 22.4 Å². The van der Waals surface area contributed by atoms with Crippen molar-refractivity contribution in [3.8, 4) is 5.75 Å². The SMILES string of the molecule is C=CCOc1c(C)cc(/C=C(/C)C(=O)N[C@@H]2[C@H](O)[C@@H](O)[C@H]3OCO[C@H]3[C@@H]2O)cc1C. The van der Waals surface area contributed by atoms with E-state index in [2.05, 4.69) is 11.9 Å². The quantitative estimate of drug-likeness (QED) is 0.394. The minimum Gasteiger partial charge on any atom is -0.489 e. The molecule has 1 aliphatic heterocycles. The fourth-order valence-electron chi connectivity index (χ4n) is 3.97. The molecule has 2 aliphatic rings. The van der Waals surface area contributed by atoms with Crippen LogP contribution in [0.1, 0.15) is 23.6 Å². The monoisotopic (exact) mass is 419 g/mol. The van der Waals surface area contributed by atoms with Crippen LogP contribution in [0.5, 0.6) is 5.75 Å². The lowest BCUT2D eigenvalue weighted by molar-refractivity contribution is -0.155. The number of amides is 1. The second kappa shape index (κ2) is 9.28. The molecule has 1 aromatic rings. The van der Waals surface area contributed by atoms with Crippen LogP contribution in [0.2, 0.25) is 0 Å². The summed E-state index contributed by atoms with van der Waals surface area (Å²) < 4.78 is 16.2. The van der Waals surface area contributed by atoms with Crippen molar-refractivity contribution in [2.24, 2.45) is 0 Å². The number of rotatable bonds is 6.